The van der Waals surface area contributed by atoms with Crippen LogP contribution in [-0.2, 0) is 9.47 Å². The van der Waals surface area contributed by atoms with Gasteiger partial charge in [0.05, 0.1) is 19.8 Å². The summed E-state index contributed by atoms with van der Waals surface area (Å²) in [4.78, 5) is 24.2. The van der Waals surface area contributed by atoms with Crippen LogP contribution in [-0.4, -0.2) is 54.6 Å². The summed E-state index contributed by atoms with van der Waals surface area (Å²) in [6, 6.07) is 15.2. The number of benzene rings is 1. The van der Waals surface area contributed by atoms with Crippen molar-refractivity contribution in [3.8, 4) is 11.1 Å². The van der Waals surface area contributed by atoms with Crippen LogP contribution in [0, 0.1) is 11.3 Å². The molecule has 0 unspecified atom stereocenters. The molecule has 1 fully saturated rings. The Balaban J connectivity index is 1.84. The van der Waals surface area contributed by atoms with Crippen LogP contribution in [0.15, 0.2) is 54.7 Å². The van der Waals surface area contributed by atoms with Crippen LogP contribution in [0.3, 0.4) is 0 Å². The zero-order valence-electron chi connectivity index (χ0n) is 20.4. The van der Waals surface area contributed by atoms with E-state index >= 15 is 0 Å². The predicted octanol–water partition coefficient (Wildman–Crippen LogP) is 4.92. The van der Waals surface area contributed by atoms with Gasteiger partial charge < -0.3 is 25.1 Å². The van der Waals surface area contributed by atoms with E-state index in [4.69, 9.17) is 19.9 Å². The first-order valence-electron chi connectivity index (χ1n) is 11.9. The zero-order chi connectivity index (χ0) is 24.8. The molecule has 182 valence electrons. The molecular weight excluding hydrogens is 442 g/mol. The Labute approximate surface area is 205 Å². The molecular formula is C27H31N5O3. The van der Waals surface area contributed by atoms with Crippen molar-refractivity contribution in [3.05, 3.63) is 66.0 Å². The highest BCUT2D eigenvalue weighted by Gasteiger charge is 2.23. The van der Waals surface area contributed by atoms with E-state index in [0.29, 0.717) is 35.9 Å². The van der Waals surface area contributed by atoms with Gasteiger partial charge in [0.2, 0.25) is 0 Å². The summed E-state index contributed by atoms with van der Waals surface area (Å²) in [5, 5.41) is 12.2. The molecule has 8 heteroatoms. The van der Waals surface area contributed by atoms with Gasteiger partial charge in [-0.05, 0) is 48.7 Å². The molecule has 4 rings (SSSR count). The van der Waals surface area contributed by atoms with Crippen molar-refractivity contribution in [3.63, 3.8) is 0 Å². The minimum atomic E-state index is -0.509. The van der Waals surface area contributed by atoms with Gasteiger partial charge in [-0.3, -0.25) is 0 Å². The van der Waals surface area contributed by atoms with Gasteiger partial charge in [-0.25, -0.2) is 14.8 Å². The standard InChI is InChI=1S/C27H31N5O3/c1-4-35-27(33)22-16-21(19-10-11-23(29-17-19)32-12-14-34-15-13-32)24(25(28)18(2)3)26(31-22)30-20-8-6-5-7-9-20/h5-11,16-18,28H,4,12-15H2,1-3H3,(H,30,31). The van der Waals surface area contributed by atoms with Crippen molar-refractivity contribution in [2.45, 2.75) is 20.8 Å². The van der Waals surface area contributed by atoms with Crippen LogP contribution < -0.4 is 10.2 Å². The van der Waals surface area contributed by atoms with Crippen molar-refractivity contribution >= 4 is 29.0 Å². The molecule has 35 heavy (non-hydrogen) atoms. The average molecular weight is 474 g/mol. The van der Waals surface area contributed by atoms with E-state index in [1.165, 1.54) is 0 Å². The van der Waals surface area contributed by atoms with Gasteiger partial charge in [-0.2, -0.15) is 0 Å². The Morgan fingerprint density at radius 2 is 1.91 bits per heavy atom. The fourth-order valence-electron chi connectivity index (χ4n) is 3.92. The lowest BCUT2D eigenvalue weighted by atomic mass is 9.92. The number of carbonyl (C=O) groups excluding carboxylic acids is 1. The smallest absolute Gasteiger partial charge is 0.357 e. The largest absolute Gasteiger partial charge is 0.461 e. The molecule has 0 saturated carbocycles. The lowest BCUT2D eigenvalue weighted by molar-refractivity contribution is 0.0519. The maximum Gasteiger partial charge on any atom is 0.357 e. The number of para-hydroxylation sites is 1. The second-order valence-electron chi connectivity index (χ2n) is 8.56. The maximum absolute atomic E-state index is 12.7. The molecule has 1 aromatic carbocycles. The first-order chi connectivity index (χ1) is 17.0. The number of esters is 1. The molecule has 8 nitrogen and oxygen atoms in total. The van der Waals surface area contributed by atoms with Gasteiger partial charge in [-0.15, -0.1) is 0 Å². The molecule has 2 N–H and O–H groups in total. The van der Waals surface area contributed by atoms with Crippen molar-refractivity contribution in [1.29, 1.82) is 5.41 Å². The fraction of sp³-hybridized carbons (Fsp3) is 0.333. The van der Waals surface area contributed by atoms with Crippen molar-refractivity contribution in [2.75, 3.05) is 43.1 Å². The molecule has 1 aliphatic rings. The summed E-state index contributed by atoms with van der Waals surface area (Å²) in [7, 11) is 0. The van der Waals surface area contributed by atoms with Gasteiger partial charge in [0.1, 0.15) is 11.6 Å². The average Bonchev–Trinajstić information content (AvgIpc) is 2.89. The molecule has 0 atom stereocenters. The molecule has 0 spiro atoms. The number of hydrogen-bond acceptors (Lipinski definition) is 8. The molecule has 0 aliphatic carbocycles. The van der Waals surface area contributed by atoms with Crippen LogP contribution >= 0.6 is 0 Å². The first-order valence-corrected chi connectivity index (χ1v) is 11.9. The number of hydrogen-bond donors (Lipinski definition) is 2. The topological polar surface area (TPSA) is 100 Å². The van der Waals surface area contributed by atoms with E-state index in [9.17, 15) is 4.79 Å². The number of aromatic nitrogens is 2. The normalized spacial score (nSPS) is 13.5. The van der Waals surface area contributed by atoms with Gasteiger partial charge in [-0.1, -0.05) is 32.0 Å². The summed E-state index contributed by atoms with van der Waals surface area (Å²) in [6.07, 6.45) is 1.79. The van der Waals surface area contributed by atoms with Gasteiger partial charge in [0, 0.05) is 41.8 Å². The molecule has 0 amide bonds. The number of carbonyl (C=O) groups is 1. The Bertz CT molecular complexity index is 1170. The Morgan fingerprint density at radius 1 is 1.17 bits per heavy atom. The van der Waals surface area contributed by atoms with Crippen molar-refractivity contribution < 1.29 is 14.3 Å². The second kappa shape index (κ2) is 11.1. The van der Waals surface area contributed by atoms with Gasteiger partial charge >= 0.3 is 5.97 Å². The molecule has 0 radical (unpaired) electrons. The van der Waals surface area contributed by atoms with Crippen molar-refractivity contribution in [2.24, 2.45) is 5.92 Å². The van der Waals surface area contributed by atoms with Gasteiger partial charge in [0.25, 0.3) is 0 Å². The van der Waals surface area contributed by atoms with E-state index in [1.807, 2.05) is 56.3 Å². The monoisotopic (exact) mass is 473 g/mol. The molecule has 1 aliphatic heterocycles. The highest BCUT2D eigenvalue weighted by molar-refractivity contribution is 6.10. The summed E-state index contributed by atoms with van der Waals surface area (Å²) in [6.45, 7) is 8.90. The predicted molar refractivity (Wildman–Crippen MR) is 138 cm³/mol. The second-order valence-corrected chi connectivity index (χ2v) is 8.56. The lowest BCUT2D eigenvalue weighted by Crippen LogP contribution is -2.36. The molecule has 1 saturated heterocycles. The number of anilines is 3. The van der Waals surface area contributed by atoms with Crippen LogP contribution in [0.1, 0.15) is 36.8 Å². The third kappa shape index (κ3) is 5.66. The number of rotatable bonds is 8. The Kier molecular flexibility index (Phi) is 7.72. The number of pyridine rings is 2. The number of ether oxygens (including phenoxy) is 2. The maximum atomic E-state index is 12.7. The highest BCUT2D eigenvalue weighted by Crippen LogP contribution is 2.33. The quantitative estimate of drug-likeness (QED) is 0.354. The number of morpholine rings is 1. The van der Waals surface area contributed by atoms with Crippen LogP contribution in [0.25, 0.3) is 11.1 Å². The molecule has 3 aromatic rings. The van der Waals surface area contributed by atoms with E-state index < -0.39 is 5.97 Å². The third-order valence-electron chi connectivity index (χ3n) is 5.78. The number of nitrogens with zero attached hydrogens (tertiary/aromatic N) is 3. The van der Waals surface area contributed by atoms with E-state index in [0.717, 1.165) is 30.2 Å². The summed E-state index contributed by atoms with van der Waals surface area (Å²) < 4.78 is 10.7. The number of nitrogens with one attached hydrogen (secondary N) is 2. The van der Waals surface area contributed by atoms with Crippen LogP contribution in [0.5, 0.6) is 0 Å². The third-order valence-corrected chi connectivity index (χ3v) is 5.78. The Hall–Kier alpha value is -3.78. The Morgan fingerprint density at radius 3 is 2.54 bits per heavy atom. The summed E-state index contributed by atoms with van der Waals surface area (Å²) in [5.41, 5.74) is 3.55. The minimum Gasteiger partial charge on any atom is -0.461 e. The van der Waals surface area contributed by atoms with E-state index in [-0.39, 0.29) is 18.2 Å². The highest BCUT2D eigenvalue weighted by atomic mass is 16.5. The first kappa shape index (κ1) is 24.3. The molecule has 2 aromatic heterocycles. The lowest BCUT2D eigenvalue weighted by Gasteiger charge is -2.28. The minimum absolute atomic E-state index is 0.0547. The van der Waals surface area contributed by atoms with Crippen molar-refractivity contribution in [1.82, 2.24) is 9.97 Å². The summed E-state index contributed by atoms with van der Waals surface area (Å²) >= 11 is 0. The zero-order valence-corrected chi connectivity index (χ0v) is 20.4. The van der Waals surface area contributed by atoms with E-state index in [2.05, 4.69) is 15.2 Å². The molecule has 3 heterocycles. The fourth-order valence-corrected chi connectivity index (χ4v) is 3.92. The summed E-state index contributed by atoms with van der Waals surface area (Å²) in [5.74, 6) is 0.749. The van der Waals surface area contributed by atoms with Crippen LogP contribution in [0.4, 0.5) is 17.3 Å². The van der Waals surface area contributed by atoms with Crippen LogP contribution in [0.2, 0.25) is 0 Å². The van der Waals surface area contributed by atoms with E-state index in [1.54, 1.807) is 19.2 Å². The SMILES string of the molecule is CCOC(=O)c1cc(-c2ccc(N3CCOCC3)nc2)c(C(=N)C(C)C)c(Nc2ccccc2)n1. The van der Waals surface area contributed by atoms with Gasteiger partial charge in [0.15, 0.2) is 5.69 Å². The molecule has 0 bridgehead atoms.